The first-order valence-corrected chi connectivity index (χ1v) is 3.94. The van der Waals surface area contributed by atoms with Crippen LogP contribution in [0.2, 0.25) is 5.02 Å². The quantitative estimate of drug-likeness (QED) is 0.734. The molecule has 0 aliphatic heterocycles. The predicted octanol–water partition coefficient (Wildman–Crippen LogP) is 0.898. The molecule has 5 nitrogen and oxygen atoms in total. The number of hydrogen-bond acceptors (Lipinski definition) is 4. The van der Waals surface area contributed by atoms with Crippen molar-refractivity contribution in [3.05, 3.63) is 29.5 Å². The lowest BCUT2D eigenvalue weighted by atomic mass is 10.4. The molecular formula is C7H6ClN5. The number of hydrogen-bond donors (Lipinski definition) is 1. The van der Waals surface area contributed by atoms with Crippen LogP contribution in [0.15, 0.2) is 24.5 Å². The molecule has 0 aromatic carbocycles. The molecule has 2 N–H and O–H groups in total. The molecule has 2 aromatic heterocycles. The molecule has 2 rings (SSSR count). The second-order valence-electron chi connectivity index (χ2n) is 2.36. The predicted molar refractivity (Wildman–Crippen MR) is 48.6 cm³/mol. The molecule has 2 heterocycles. The van der Waals surface area contributed by atoms with Gasteiger partial charge in [0.25, 0.3) is 0 Å². The van der Waals surface area contributed by atoms with Crippen molar-refractivity contribution in [2.24, 2.45) is 0 Å². The van der Waals surface area contributed by atoms with E-state index in [4.69, 9.17) is 17.3 Å². The lowest BCUT2D eigenvalue weighted by Gasteiger charge is -2.01. The number of nitrogens with zero attached hydrogens (tertiary/aromatic N) is 4. The van der Waals surface area contributed by atoms with Crippen molar-refractivity contribution in [1.82, 2.24) is 20.0 Å². The normalized spacial score (nSPS) is 10.2. The van der Waals surface area contributed by atoms with Gasteiger partial charge >= 0.3 is 0 Å². The minimum Gasteiger partial charge on any atom is -0.384 e. The van der Waals surface area contributed by atoms with Crippen molar-refractivity contribution < 1.29 is 0 Å². The molecule has 0 radical (unpaired) electrons. The minimum absolute atomic E-state index is 0.386. The topological polar surface area (TPSA) is 69.6 Å². The van der Waals surface area contributed by atoms with E-state index in [1.807, 2.05) is 0 Å². The van der Waals surface area contributed by atoms with E-state index in [1.54, 1.807) is 24.5 Å². The molecule has 0 spiro atoms. The second kappa shape index (κ2) is 3.02. The van der Waals surface area contributed by atoms with Crippen LogP contribution in [0.25, 0.3) is 5.82 Å². The van der Waals surface area contributed by atoms with E-state index in [2.05, 4.69) is 15.2 Å². The van der Waals surface area contributed by atoms with Crippen LogP contribution in [0.5, 0.6) is 0 Å². The third-order valence-corrected chi connectivity index (χ3v) is 1.75. The first-order chi connectivity index (χ1) is 6.27. The van der Waals surface area contributed by atoms with Crippen LogP contribution in [-0.4, -0.2) is 20.0 Å². The molecule has 0 aliphatic rings. The maximum absolute atomic E-state index is 5.87. The maximum Gasteiger partial charge on any atom is 0.195 e. The Labute approximate surface area is 79.1 Å². The third kappa shape index (κ3) is 1.46. The zero-order chi connectivity index (χ0) is 9.26. The molecule has 0 unspecified atom stereocenters. The molecule has 66 valence electrons. The fraction of sp³-hybridized carbons (Fsp3) is 0. The van der Waals surface area contributed by atoms with E-state index in [9.17, 15) is 0 Å². The third-order valence-electron chi connectivity index (χ3n) is 1.46. The Balaban J connectivity index is 2.57. The van der Waals surface area contributed by atoms with E-state index in [0.29, 0.717) is 16.7 Å². The van der Waals surface area contributed by atoms with E-state index >= 15 is 0 Å². The highest BCUT2D eigenvalue weighted by molar-refractivity contribution is 6.32. The summed E-state index contributed by atoms with van der Waals surface area (Å²) in [4.78, 5) is 5.32. The number of nitrogens with two attached hydrogens (primary N) is 1. The number of nitrogen functional groups attached to an aromatic ring is 1. The molecule has 0 bridgehead atoms. The van der Waals surface area contributed by atoms with Gasteiger partial charge in [0.2, 0.25) is 0 Å². The summed E-state index contributed by atoms with van der Waals surface area (Å²) in [6.07, 6.45) is 3.09. The van der Waals surface area contributed by atoms with Crippen molar-refractivity contribution in [2.45, 2.75) is 0 Å². The van der Waals surface area contributed by atoms with Gasteiger partial charge in [0.1, 0.15) is 5.82 Å². The van der Waals surface area contributed by atoms with Crippen molar-refractivity contribution in [1.29, 1.82) is 0 Å². The minimum atomic E-state index is 0.386. The average molecular weight is 196 g/mol. The Kier molecular flexibility index (Phi) is 1.86. The van der Waals surface area contributed by atoms with Crippen LogP contribution in [0.4, 0.5) is 5.82 Å². The molecule has 0 saturated carbocycles. The molecule has 0 amide bonds. The highest BCUT2D eigenvalue weighted by Gasteiger charge is 2.05. The number of pyridine rings is 1. The molecule has 0 fully saturated rings. The largest absolute Gasteiger partial charge is 0.384 e. The van der Waals surface area contributed by atoms with Gasteiger partial charge in [-0.1, -0.05) is 11.6 Å². The lowest BCUT2D eigenvalue weighted by Crippen LogP contribution is -2.04. The van der Waals surface area contributed by atoms with E-state index in [0.717, 1.165) is 0 Å². The van der Waals surface area contributed by atoms with Crippen LogP contribution < -0.4 is 5.73 Å². The molecule has 2 aromatic rings. The molecule has 6 heteroatoms. The number of anilines is 1. The fourth-order valence-corrected chi connectivity index (χ4v) is 1.09. The summed E-state index contributed by atoms with van der Waals surface area (Å²) in [6.45, 7) is 0. The zero-order valence-electron chi connectivity index (χ0n) is 6.55. The Bertz CT molecular complexity index is 411. The molecular weight excluding hydrogens is 190 g/mol. The molecule has 0 saturated heterocycles. The van der Waals surface area contributed by atoms with E-state index in [-0.39, 0.29) is 0 Å². The van der Waals surface area contributed by atoms with Crippen LogP contribution in [0.1, 0.15) is 0 Å². The smallest absolute Gasteiger partial charge is 0.195 e. The summed E-state index contributed by atoms with van der Waals surface area (Å²) in [5.74, 6) is 0.823. The lowest BCUT2D eigenvalue weighted by molar-refractivity contribution is 0.731. The van der Waals surface area contributed by atoms with Crippen molar-refractivity contribution in [3.8, 4) is 5.82 Å². The van der Waals surface area contributed by atoms with Gasteiger partial charge in [-0.15, -0.1) is 4.80 Å². The Morgan fingerprint density at radius 1 is 1.23 bits per heavy atom. The highest BCUT2D eigenvalue weighted by atomic mass is 35.5. The standard InChI is InChI=1S/C7H6ClN5/c8-5-1-2-6(9)12-7(5)13-10-3-4-11-13/h1-4H,(H2,9,12). The number of aromatic nitrogens is 4. The second-order valence-corrected chi connectivity index (χ2v) is 2.77. The molecule has 13 heavy (non-hydrogen) atoms. The van der Waals surface area contributed by atoms with Gasteiger partial charge in [0.05, 0.1) is 17.4 Å². The zero-order valence-corrected chi connectivity index (χ0v) is 7.31. The fourth-order valence-electron chi connectivity index (χ4n) is 0.911. The summed E-state index contributed by atoms with van der Waals surface area (Å²) < 4.78 is 0. The molecule has 0 aliphatic carbocycles. The summed E-state index contributed by atoms with van der Waals surface area (Å²) in [5, 5.41) is 8.25. The van der Waals surface area contributed by atoms with Crippen molar-refractivity contribution in [3.63, 3.8) is 0 Å². The number of halogens is 1. The van der Waals surface area contributed by atoms with Crippen LogP contribution in [0.3, 0.4) is 0 Å². The van der Waals surface area contributed by atoms with Gasteiger partial charge in [0.15, 0.2) is 5.82 Å². The molecule has 0 atom stereocenters. The van der Waals surface area contributed by atoms with Crippen LogP contribution >= 0.6 is 11.6 Å². The van der Waals surface area contributed by atoms with Gasteiger partial charge < -0.3 is 5.73 Å². The van der Waals surface area contributed by atoms with Crippen LogP contribution in [-0.2, 0) is 0 Å². The number of rotatable bonds is 1. The first-order valence-electron chi connectivity index (χ1n) is 3.56. The van der Waals surface area contributed by atoms with Crippen LogP contribution in [0, 0.1) is 0 Å². The summed E-state index contributed by atoms with van der Waals surface area (Å²) >= 11 is 5.87. The summed E-state index contributed by atoms with van der Waals surface area (Å²) in [6, 6.07) is 3.28. The SMILES string of the molecule is Nc1ccc(Cl)c(-n2nccn2)n1. The van der Waals surface area contributed by atoms with Gasteiger partial charge in [0, 0.05) is 0 Å². The van der Waals surface area contributed by atoms with Crippen molar-refractivity contribution in [2.75, 3.05) is 5.73 Å². The Morgan fingerprint density at radius 3 is 2.62 bits per heavy atom. The van der Waals surface area contributed by atoms with Gasteiger partial charge in [-0.05, 0) is 12.1 Å². The highest BCUT2D eigenvalue weighted by Crippen LogP contribution is 2.17. The van der Waals surface area contributed by atoms with Crippen molar-refractivity contribution >= 4 is 17.4 Å². The van der Waals surface area contributed by atoms with Gasteiger partial charge in [-0.3, -0.25) is 0 Å². The van der Waals surface area contributed by atoms with Gasteiger partial charge in [-0.25, -0.2) is 4.98 Å². The Hall–Kier alpha value is -1.62. The summed E-state index contributed by atoms with van der Waals surface area (Å²) in [5.41, 5.74) is 5.49. The monoisotopic (exact) mass is 195 g/mol. The summed E-state index contributed by atoms with van der Waals surface area (Å²) in [7, 11) is 0. The first kappa shape index (κ1) is 8.00. The Morgan fingerprint density at radius 2 is 1.92 bits per heavy atom. The maximum atomic E-state index is 5.87. The average Bonchev–Trinajstić information content (AvgIpc) is 2.61. The van der Waals surface area contributed by atoms with Gasteiger partial charge in [-0.2, -0.15) is 10.2 Å². The van der Waals surface area contributed by atoms with E-state index in [1.165, 1.54) is 4.80 Å². The van der Waals surface area contributed by atoms with E-state index < -0.39 is 0 Å².